The first kappa shape index (κ1) is 17.4. The molecule has 118 valence electrons. The number of nitrogens with two attached hydrogens (primary N) is 1. The monoisotopic (exact) mass is 323 g/mol. The SMILES string of the molecule is CC(C)(C)N(c1ccc(C(F)(F)F)c(C(N)=O)c1)S(=O)[O-]. The van der Waals surface area contributed by atoms with E-state index in [0.29, 0.717) is 6.07 Å². The van der Waals surface area contributed by atoms with Crippen molar-refractivity contribution in [3.63, 3.8) is 0 Å². The van der Waals surface area contributed by atoms with Crippen molar-refractivity contribution < 1.29 is 26.7 Å². The Morgan fingerprint density at radius 1 is 1.29 bits per heavy atom. The summed E-state index contributed by atoms with van der Waals surface area (Å²) in [4.78, 5) is 11.2. The van der Waals surface area contributed by atoms with E-state index in [9.17, 15) is 26.7 Å². The van der Waals surface area contributed by atoms with Gasteiger partial charge in [-0.25, -0.2) is 0 Å². The van der Waals surface area contributed by atoms with Gasteiger partial charge in [0.05, 0.1) is 11.1 Å². The molecule has 0 saturated carbocycles. The van der Waals surface area contributed by atoms with Gasteiger partial charge in [-0.3, -0.25) is 13.3 Å². The summed E-state index contributed by atoms with van der Waals surface area (Å²) in [6.07, 6.45) is -4.76. The number of alkyl halides is 3. The van der Waals surface area contributed by atoms with Crippen molar-refractivity contribution in [3.8, 4) is 0 Å². The molecule has 0 bridgehead atoms. The number of carbonyl (C=O) groups excluding carboxylic acids is 1. The Hall–Kier alpha value is -1.61. The molecule has 0 aliphatic heterocycles. The van der Waals surface area contributed by atoms with E-state index >= 15 is 0 Å². The van der Waals surface area contributed by atoms with Crippen molar-refractivity contribution in [1.82, 2.24) is 0 Å². The van der Waals surface area contributed by atoms with Gasteiger partial charge in [-0.05, 0) is 39.0 Å². The summed E-state index contributed by atoms with van der Waals surface area (Å²) < 4.78 is 61.8. The third kappa shape index (κ3) is 3.94. The highest BCUT2D eigenvalue weighted by atomic mass is 32.2. The molecule has 1 atom stereocenters. The standard InChI is InChI=1S/C12H15F3N2O3S/c1-11(2,3)17(21(19)20)7-4-5-9(12(13,14)15)8(6-7)10(16)18/h4-6H,1-3H3,(H2,16,18)(H,19,20)/p-1. The smallest absolute Gasteiger partial charge is 0.417 e. The van der Waals surface area contributed by atoms with E-state index in [2.05, 4.69) is 0 Å². The van der Waals surface area contributed by atoms with Crippen LogP contribution in [-0.4, -0.2) is 20.2 Å². The number of primary amides is 1. The molecular formula is C12H14F3N2O3S-. The molecule has 0 heterocycles. The van der Waals surface area contributed by atoms with Crippen LogP contribution < -0.4 is 10.0 Å². The molecule has 1 unspecified atom stereocenters. The Labute approximate surface area is 122 Å². The molecule has 1 rings (SSSR count). The van der Waals surface area contributed by atoms with Crippen LogP contribution in [0.25, 0.3) is 0 Å². The summed E-state index contributed by atoms with van der Waals surface area (Å²) in [6.45, 7) is 4.68. The molecule has 0 saturated heterocycles. The second kappa shape index (κ2) is 5.64. The van der Waals surface area contributed by atoms with Crippen LogP contribution in [0.4, 0.5) is 18.9 Å². The fourth-order valence-corrected chi connectivity index (χ4v) is 2.54. The molecule has 0 fully saturated rings. The lowest BCUT2D eigenvalue weighted by molar-refractivity contribution is -0.137. The van der Waals surface area contributed by atoms with E-state index in [1.54, 1.807) is 20.8 Å². The van der Waals surface area contributed by atoms with E-state index < -0.39 is 40.0 Å². The van der Waals surface area contributed by atoms with Crippen molar-refractivity contribution in [3.05, 3.63) is 29.3 Å². The van der Waals surface area contributed by atoms with Crippen molar-refractivity contribution >= 4 is 22.9 Å². The van der Waals surface area contributed by atoms with Crippen LogP contribution in [0.5, 0.6) is 0 Å². The summed E-state index contributed by atoms with van der Waals surface area (Å²) in [5.41, 5.74) is 1.98. The molecule has 2 N–H and O–H groups in total. The van der Waals surface area contributed by atoms with Gasteiger partial charge >= 0.3 is 6.18 Å². The summed E-state index contributed by atoms with van der Waals surface area (Å²) in [5.74, 6) is -1.28. The third-order valence-corrected chi connectivity index (χ3v) is 3.62. The van der Waals surface area contributed by atoms with Gasteiger partial charge in [-0.15, -0.1) is 0 Å². The van der Waals surface area contributed by atoms with Crippen LogP contribution in [0, 0.1) is 0 Å². The number of rotatable bonds is 3. The zero-order chi connectivity index (χ0) is 16.6. The molecular weight excluding hydrogens is 309 g/mol. The third-order valence-electron chi connectivity index (χ3n) is 2.57. The fourth-order valence-electron chi connectivity index (χ4n) is 1.81. The van der Waals surface area contributed by atoms with Crippen molar-refractivity contribution in [2.45, 2.75) is 32.5 Å². The molecule has 9 heteroatoms. The van der Waals surface area contributed by atoms with Crippen LogP contribution in [0.1, 0.15) is 36.7 Å². The number of hydrogen-bond donors (Lipinski definition) is 1. The highest BCUT2D eigenvalue weighted by Gasteiger charge is 2.35. The first-order valence-electron chi connectivity index (χ1n) is 5.76. The zero-order valence-corrected chi connectivity index (χ0v) is 12.3. The maximum Gasteiger partial charge on any atom is 0.417 e. The second-order valence-electron chi connectivity index (χ2n) is 5.27. The largest absolute Gasteiger partial charge is 0.755 e. The highest BCUT2D eigenvalue weighted by molar-refractivity contribution is 7.80. The van der Waals surface area contributed by atoms with E-state index in [-0.39, 0.29) is 5.69 Å². The summed E-state index contributed by atoms with van der Waals surface area (Å²) in [7, 11) is 0. The number of carbonyl (C=O) groups is 1. The summed E-state index contributed by atoms with van der Waals surface area (Å²) in [5, 5.41) is 0. The van der Waals surface area contributed by atoms with E-state index in [1.807, 2.05) is 0 Å². The normalized spacial score (nSPS) is 13.9. The minimum absolute atomic E-state index is 0.0716. The topological polar surface area (TPSA) is 86.5 Å². The molecule has 0 spiro atoms. The molecule has 1 aromatic rings. The average molecular weight is 323 g/mol. The summed E-state index contributed by atoms with van der Waals surface area (Å²) in [6, 6.07) is 2.45. The maximum atomic E-state index is 12.8. The molecule has 0 aliphatic carbocycles. The average Bonchev–Trinajstić information content (AvgIpc) is 2.24. The Kier molecular flexibility index (Phi) is 4.69. The summed E-state index contributed by atoms with van der Waals surface area (Å²) >= 11 is -2.72. The molecule has 5 nitrogen and oxygen atoms in total. The quantitative estimate of drug-likeness (QED) is 0.865. The molecule has 0 aromatic heterocycles. The predicted octanol–water partition coefficient (Wildman–Crippen LogP) is 2.20. The first-order valence-corrected chi connectivity index (χ1v) is 6.79. The number of benzene rings is 1. The van der Waals surface area contributed by atoms with Crippen LogP contribution >= 0.6 is 0 Å². The molecule has 0 radical (unpaired) electrons. The number of anilines is 1. The van der Waals surface area contributed by atoms with Crippen LogP contribution in [0.2, 0.25) is 0 Å². The fraction of sp³-hybridized carbons (Fsp3) is 0.417. The number of hydrogen-bond acceptors (Lipinski definition) is 3. The van der Waals surface area contributed by atoms with Gasteiger partial charge in [0.25, 0.3) is 0 Å². The minimum Gasteiger partial charge on any atom is -0.755 e. The first-order chi connectivity index (χ1) is 9.35. The van der Waals surface area contributed by atoms with Gasteiger partial charge in [0.15, 0.2) is 0 Å². The van der Waals surface area contributed by atoms with Crippen LogP contribution in [0.3, 0.4) is 0 Å². The molecule has 1 aromatic carbocycles. The Bertz CT molecular complexity index is 582. The second-order valence-corrected chi connectivity index (χ2v) is 6.07. The Morgan fingerprint density at radius 2 is 1.81 bits per heavy atom. The minimum atomic E-state index is -4.76. The van der Waals surface area contributed by atoms with Gasteiger partial charge in [0, 0.05) is 22.5 Å². The van der Waals surface area contributed by atoms with E-state index in [0.717, 1.165) is 16.4 Å². The van der Waals surface area contributed by atoms with Gasteiger partial charge in [0.2, 0.25) is 5.91 Å². The lowest BCUT2D eigenvalue weighted by Crippen LogP contribution is -2.42. The van der Waals surface area contributed by atoms with Gasteiger partial charge in [-0.2, -0.15) is 13.2 Å². The van der Waals surface area contributed by atoms with E-state index in [4.69, 9.17) is 5.73 Å². The lowest BCUT2D eigenvalue weighted by atomic mass is 10.0. The number of nitrogens with zero attached hydrogens (tertiary/aromatic N) is 1. The molecule has 0 aliphatic rings. The van der Waals surface area contributed by atoms with Gasteiger partial charge < -0.3 is 10.3 Å². The Morgan fingerprint density at radius 3 is 2.14 bits per heavy atom. The highest BCUT2D eigenvalue weighted by Crippen LogP contribution is 2.35. The van der Waals surface area contributed by atoms with Gasteiger partial charge in [0.1, 0.15) is 0 Å². The molecule has 1 amide bonds. The molecule has 21 heavy (non-hydrogen) atoms. The van der Waals surface area contributed by atoms with Crippen molar-refractivity contribution in [2.75, 3.05) is 4.31 Å². The lowest BCUT2D eigenvalue weighted by Gasteiger charge is -2.38. The van der Waals surface area contributed by atoms with Gasteiger partial charge in [-0.1, -0.05) is 0 Å². The van der Waals surface area contributed by atoms with Crippen LogP contribution in [-0.2, 0) is 17.4 Å². The van der Waals surface area contributed by atoms with Crippen LogP contribution in [0.15, 0.2) is 18.2 Å². The van der Waals surface area contributed by atoms with E-state index in [1.165, 1.54) is 0 Å². The zero-order valence-electron chi connectivity index (χ0n) is 11.5. The maximum absolute atomic E-state index is 12.8. The number of halogens is 3. The Balaban J connectivity index is 3.51. The van der Waals surface area contributed by atoms with Crippen molar-refractivity contribution in [2.24, 2.45) is 5.73 Å². The van der Waals surface area contributed by atoms with Crippen molar-refractivity contribution in [1.29, 1.82) is 0 Å². The number of amides is 1. The predicted molar refractivity (Wildman–Crippen MR) is 71.1 cm³/mol.